The van der Waals surface area contributed by atoms with Crippen LogP contribution in [-0.4, -0.2) is 37.0 Å². The predicted octanol–water partition coefficient (Wildman–Crippen LogP) is 3.13. The van der Waals surface area contributed by atoms with Gasteiger partial charge in [-0.25, -0.2) is 0 Å². The van der Waals surface area contributed by atoms with E-state index in [2.05, 4.69) is 39.9 Å². The molecule has 0 amide bonds. The first-order valence-corrected chi connectivity index (χ1v) is 7.34. The Morgan fingerprint density at radius 2 is 2.00 bits per heavy atom. The highest BCUT2D eigenvalue weighted by atomic mass is 16.5. The molecule has 1 fully saturated rings. The van der Waals surface area contributed by atoms with E-state index in [0.717, 1.165) is 32.3 Å². The van der Waals surface area contributed by atoms with Gasteiger partial charge < -0.3 is 14.8 Å². The van der Waals surface area contributed by atoms with Crippen LogP contribution in [-0.2, 0) is 9.47 Å². The van der Waals surface area contributed by atoms with Gasteiger partial charge in [0.2, 0.25) is 0 Å². The van der Waals surface area contributed by atoms with Crippen molar-refractivity contribution in [1.29, 1.82) is 0 Å². The van der Waals surface area contributed by atoms with Gasteiger partial charge in [-0.3, -0.25) is 0 Å². The van der Waals surface area contributed by atoms with Crippen LogP contribution in [0.4, 0.5) is 0 Å². The zero-order valence-corrected chi connectivity index (χ0v) is 13.0. The molecule has 0 radical (unpaired) electrons. The van der Waals surface area contributed by atoms with Crippen molar-refractivity contribution in [3.63, 3.8) is 0 Å². The standard InChI is InChI=1S/C15H31NO2/c1-7-15(8-2)11-13(9-10-18-15)16-12(3)14(4,5)17-6/h12-13,16H,7-11H2,1-6H3. The molecule has 1 N–H and O–H groups in total. The van der Waals surface area contributed by atoms with Gasteiger partial charge in [-0.2, -0.15) is 0 Å². The lowest BCUT2D eigenvalue weighted by Gasteiger charge is -2.43. The Bertz CT molecular complexity index is 249. The summed E-state index contributed by atoms with van der Waals surface area (Å²) in [6.45, 7) is 11.8. The molecule has 0 aliphatic carbocycles. The lowest BCUT2D eigenvalue weighted by Crippen LogP contribution is -2.54. The van der Waals surface area contributed by atoms with Crippen molar-refractivity contribution >= 4 is 0 Å². The molecule has 3 heteroatoms. The Labute approximate surface area is 113 Å². The minimum Gasteiger partial charge on any atom is -0.377 e. The number of nitrogens with one attached hydrogen (secondary N) is 1. The number of methoxy groups -OCH3 is 1. The van der Waals surface area contributed by atoms with Crippen LogP contribution >= 0.6 is 0 Å². The van der Waals surface area contributed by atoms with Crippen molar-refractivity contribution in [2.24, 2.45) is 0 Å². The quantitative estimate of drug-likeness (QED) is 0.793. The van der Waals surface area contributed by atoms with E-state index in [9.17, 15) is 0 Å². The average molecular weight is 257 g/mol. The molecular weight excluding hydrogens is 226 g/mol. The van der Waals surface area contributed by atoms with Crippen LogP contribution in [0, 0.1) is 0 Å². The van der Waals surface area contributed by atoms with Gasteiger partial charge in [0, 0.05) is 25.8 Å². The third kappa shape index (κ3) is 3.69. The van der Waals surface area contributed by atoms with Crippen LogP contribution in [0.25, 0.3) is 0 Å². The molecule has 1 aliphatic heterocycles. The Hall–Kier alpha value is -0.120. The van der Waals surface area contributed by atoms with Gasteiger partial charge in [-0.05, 0) is 46.5 Å². The van der Waals surface area contributed by atoms with E-state index in [1.54, 1.807) is 7.11 Å². The smallest absolute Gasteiger partial charge is 0.0772 e. The number of ether oxygens (including phenoxy) is 2. The van der Waals surface area contributed by atoms with Gasteiger partial charge in [-0.15, -0.1) is 0 Å². The van der Waals surface area contributed by atoms with Crippen LogP contribution in [0.15, 0.2) is 0 Å². The lowest BCUT2D eigenvalue weighted by molar-refractivity contribution is -0.0983. The molecule has 2 unspecified atom stereocenters. The first kappa shape index (κ1) is 15.9. The first-order valence-electron chi connectivity index (χ1n) is 7.34. The summed E-state index contributed by atoms with van der Waals surface area (Å²) in [6.07, 6.45) is 4.42. The molecule has 3 nitrogen and oxygen atoms in total. The highest BCUT2D eigenvalue weighted by molar-refractivity contribution is 4.92. The van der Waals surface area contributed by atoms with Crippen molar-refractivity contribution in [1.82, 2.24) is 5.32 Å². The lowest BCUT2D eigenvalue weighted by atomic mass is 9.85. The predicted molar refractivity (Wildman–Crippen MR) is 76.0 cm³/mol. The maximum absolute atomic E-state index is 6.02. The van der Waals surface area contributed by atoms with Crippen LogP contribution < -0.4 is 5.32 Å². The van der Waals surface area contributed by atoms with Gasteiger partial charge in [0.1, 0.15) is 0 Å². The highest BCUT2D eigenvalue weighted by Crippen LogP contribution is 2.32. The summed E-state index contributed by atoms with van der Waals surface area (Å²) in [5.41, 5.74) is -0.0355. The molecule has 0 aromatic rings. The Kier molecular flexibility index (Phi) is 5.63. The number of hydrogen-bond acceptors (Lipinski definition) is 3. The highest BCUT2D eigenvalue weighted by Gasteiger charge is 2.36. The topological polar surface area (TPSA) is 30.5 Å². The third-order valence-electron chi connectivity index (χ3n) is 4.84. The molecule has 108 valence electrons. The maximum Gasteiger partial charge on any atom is 0.0772 e. The molecule has 0 saturated carbocycles. The average Bonchev–Trinajstić information content (AvgIpc) is 2.38. The Morgan fingerprint density at radius 3 is 2.50 bits per heavy atom. The fourth-order valence-electron chi connectivity index (χ4n) is 2.64. The first-order chi connectivity index (χ1) is 8.39. The molecule has 2 atom stereocenters. The molecule has 18 heavy (non-hydrogen) atoms. The van der Waals surface area contributed by atoms with Crippen LogP contribution in [0.1, 0.15) is 60.3 Å². The van der Waals surface area contributed by atoms with Crippen LogP contribution in [0.2, 0.25) is 0 Å². The summed E-state index contributed by atoms with van der Waals surface area (Å²) >= 11 is 0. The van der Waals surface area contributed by atoms with E-state index in [1.165, 1.54) is 0 Å². The molecule has 0 spiro atoms. The molecule has 0 bridgehead atoms. The van der Waals surface area contributed by atoms with E-state index < -0.39 is 0 Å². The molecule has 0 aromatic heterocycles. The van der Waals surface area contributed by atoms with E-state index in [0.29, 0.717) is 12.1 Å². The number of hydrogen-bond donors (Lipinski definition) is 1. The molecule has 1 saturated heterocycles. The molecule has 1 heterocycles. The van der Waals surface area contributed by atoms with Crippen LogP contribution in [0.3, 0.4) is 0 Å². The van der Waals surface area contributed by atoms with E-state index >= 15 is 0 Å². The van der Waals surface area contributed by atoms with Gasteiger partial charge >= 0.3 is 0 Å². The SMILES string of the molecule is CCC1(CC)CC(NC(C)C(C)(C)OC)CCO1. The van der Waals surface area contributed by atoms with E-state index in [-0.39, 0.29) is 11.2 Å². The Morgan fingerprint density at radius 1 is 1.39 bits per heavy atom. The molecule has 1 aliphatic rings. The van der Waals surface area contributed by atoms with Crippen LogP contribution in [0.5, 0.6) is 0 Å². The van der Waals surface area contributed by atoms with Gasteiger partial charge in [0.05, 0.1) is 11.2 Å². The maximum atomic E-state index is 6.02. The molecule has 0 aromatic carbocycles. The number of rotatable bonds is 6. The fraction of sp³-hybridized carbons (Fsp3) is 1.00. The van der Waals surface area contributed by atoms with Gasteiger partial charge in [0.15, 0.2) is 0 Å². The minimum absolute atomic E-state index is 0.0901. The van der Waals surface area contributed by atoms with E-state index in [1.807, 2.05) is 0 Å². The summed E-state index contributed by atoms with van der Waals surface area (Å²) in [6, 6.07) is 0.889. The summed E-state index contributed by atoms with van der Waals surface area (Å²) in [4.78, 5) is 0. The van der Waals surface area contributed by atoms with E-state index in [4.69, 9.17) is 9.47 Å². The summed E-state index contributed by atoms with van der Waals surface area (Å²) in [5.74, 6) is 0. The largest absolute Gasteiger partial charge is 0.377 e. The monoisotopic (exact) mass is 257 g/mol. The molecule has 1 rings (SSSR count). The summed E-state index contributed by atoms with van der Waals surface area (Å²) < 4.78 is 11.6. The zero-order chi connectivity index (χ0) is 13.8. The second-order valence-corrected chi connectivity index (χ2v) is 6.12. The van der Waals surface area contributed by atoms with Gasteiger partial charge in [0.25, 0.3) is 0 Å². The van der Waals surface area contributed by atoms with Crippen molar-refractivity contribution in [3.8, 4) is 0 Å². The summed E-state index contributed by atoms with van der Waals surface area (Å²) in [5, 5.41) is 3.73. The van der Waals surface area contributed by atoms with Gasteiger partial charge in [-0.1, -0.05) is 13.8 Å². The Balaban J connectivity index is 2.58. The zero-order valence-electron chi connectivity index (χ0n) is 13.0. The second-order valence-electron chi connectivity index (χ2n) is 6.12. The fourth-order valence-corrected chi connectivity index (χ4v) is 2.64. The summed E-state index contributed by atoms with van der Waals surface area (Å²) in [7, 11) is 1.78. The van der Waals surface area contributed by atoms with Crippen molar-refractivity contribution < 1.29 is 9.47 Å². The van der Waals surface area contributed by atoms with Crippen molar-refractivity contribution in [2.75, 3.05) is 13.7 Å². The molecular formula is C15H31NO2. The normalized spacial score (nSPS) is 26.0. The van der Waals surface area contributed by atoms with Crippen molar-refractivity contribution in [3.05, 3.63) is 0 Å². The third-order valence-corrected chi connectivity index (χ3v) is 4.84. The minimum atomic E-state index is -0.126. The second kappa shape index (κ2) is 6.36. The van der Waals surface area contributed by atoms with Crippen molar-refractivity contribution in [2.45, 2.75) is 83.6 Å².